The minimum absolute atomic E-state index is 0.0534. The maximum atomic E-state index is 12.8. The zero-order valence-electron chi connectivity index (χ0n) is 40.6. The van der Waals surface area contributed by atoms with Crippen LogP contribution in [-0.4, -0.2) is 80.6 Å². The van der Waals surface area contributed by atoms with Gasteiger partial charge in [-0.15, -0.1) is 0 Å². The molecule has 8 nitrogen and oxygen atoms in total. The van der Waals surface area contributed by atoms with Gasteiger partial charge in [0.2, 0.25) is 0 Å². The molecule has 0 amide bonds. The number of carboxylic acid groups (broad SMARTS) is 1. The van der Waals surface area contributed by atoms with Crippen LogP contribution in [0.15, 0.2) is 36.5 Å². The number of hydrogen-bond acceptors (Lipinski definition) is 6. The average molecular weight is 861 g/mol. The zero-order chi connectivity index (χ0) is 44.9. The number of ether oxygens (including phenoxy) is 3. The van der Waals surface area contributed by atoms with Gasteiger partial charge in [-0.1, -0.05) is 179 Å². The Hall–Kier alpha value is -2.45. The maximum absolute atomic E-state index is 12.8. The number of carbonyl (C=O) groups is 3. The number of unbranched alkanes of at least 4 members (excludes halogenated alkanes) is 26. The van der Waals surface area contributed by atoms with Crippen LogP contribution in [0.4, 0.5) is 0 Å². The highest BCUT2D eigenvalue weighted by atomic mass is 16.6. The van der Waals surface area contributed by atoms with Gasteiger partial charge in [0.1, 0.15) is 6.61 Å². The van der Waals surface area contributed by atoms with Crippen LogP contribution in [0.2, 0.25) is 0 Å². The molecule has 0 bridgehead atoms. The second kappa shape index (κ2) is 44.2. The molecule has 0 spiro atoms. The fraction of sp³-hybridized carbons (Fsp3) is 0.830. The molecule has 0 aromatic carbocycles. The first-order chi connectivity index (χ1) is 29.6. The molecule has 0 rings (SSSR count). The number of esters is 2. The van der Waals surface area contributed by atoms with Gasteiger partial charge in [-0.3, -0.25) is 9.59 Å². The standard InChI is InChI=1S/C53H97NO7/c1-6-8-10-12-14-16-18-20-22-24-26-28-29-31-33-35-37-39-41-43-51(55)60-48-49(47-59-46-45-50(53(57)58)54(3,4)5)61-52(56)44-42-40-38-36-34-32-30-27-25-23-21-19-17-15-13-11-9-7-2/h17,19-20,22-23,25,49-50H,6-16,18,21,24,26-48H2,1-5H3/p+1/b19-17-,22-20-,25-23-. The number of aliphatic carboxylic acids is 1. The first-order valence-electron chi connectivity index (χ1n) is 25.5. The summed E-state index contributed by atoms with van der Waals surface area (Å²) < 4.78 is 17.4. The quantitative estimate of drug-likeness (QED) is 0.0282. The normalized spacial score (nSPS) is 13.1. The third-order valence-electron chi connectivity index (χ3n) is 11.5. The van der Waals surface area contributed by atoms with E-state index in [1.807, 2.05) is 21.1 Å². The molecular formula is C53H98NO7+. The van der Waals surface area contributed by atoms with Crippen LogP contribution < -0.4 is 0 Å². The van der Waals surface area contributed by atoms with E-state index in [9.17, 15) is 19.5 Å². The first-order valence-corrected chi connectivity index (χ1v) is 25.5. The summed E-state index contributed by atoms with van der Waals surface area (Å²) in [6, 6.07) is -0.616. The lowest BCUT2D eigenvalue weighted by Crippen LogP contribution is -2.50. The molecule has 8 heteroatoms. The molecule has 0 aliphatic heterocycles. The van der Waals surface area contributed by atoms with Crippen molar-refractivity contribution in [1.29, 1.82) is 0 Å². The van der Waals surface area contributed by atoms with Crippen LogP contribution in [0.1, 0.15) is 232 Å². The molecule has 2 atom stereocenters. The van der Waals surface area contributed by atoms with Gasteiger partial charge in [0.25, 0.3) is 0 Å². The Balaban J connectivity index is 4.26. The summed E-state index contributed by atoms with van der Waals surface area (Å²) in [4.78, 5) is 37.1. The Kier molecular flexibility index (Phi) is 42.4. The molecule has 0 saturated heterocycles. The number of hydrogen-bond donors (Lipinski definition) is 1. The molecule has 61 heavy (non-hydrogen) atoms. The summed E-state index contributed by atoms with van der Waals surface area (Å²) in [5, 5.41) is 9.65. The molecule has 0 aromatic heterocycles. The summed E-state index contributed by atoms with van der Waals surface area (Å²) in [6.07, 6.45) is 51.8. The van der Waals surface area contributed by atoms with Crippen LogP contribution >= 0.6 is 0 Å². The van der Waals surface area contributed by atoms with Crippen molar-refractivity contribution in [3.8, 4) is 0 Å². The molecule has 0 heterocycles. The van der Waals surface area contributed by atoms with Crippen molar-refractivity contribution in [3.63, 3.8) is 0 Å². The lowest BCUT2D eigenvalue weighted by atomic mass is 10.1. The van der Waals surface area contributed by atoms with E-state index in [-0.39, 0.29) is 36.2 Å². The molecule has 2 unspecified atom stereocenters. The molecule has 0 radical (unpaired) electrons. The van der Waals surface area contributed by atoms with Gasteiger partial charge >= 0.3 is 17.9 Å². The van der Waals surface area contributed by atoms with E-state index < -0.39 is 18.1 Å². The molecule has 0 aliphatic carbocycles. The lowest BCUT2D eigenvalue weighted by molar-refractivity contribution is -0.887. The number of nitrogens with zero attached hydrogens (tertiary/aromatic N) is 1. The topological polar surface area (TPSA) is 99.1 Å². The van der Waals surface area contributed by atoms with Crippen molar-refractivity contribution < 1.29 is 38.2 Å². The van der Waals surface area contributed by atoms with E-state index in [0.29, 0.717) is 19.3 Å². The van der Waals surface area contributed by atoms with Gasteiger partial charge in [-0.25, -0.2) is 4.79 Å². The third-order valence-corrected chi connectivity index (χ3v) is 11.5. The third kappa shape index (κ3) is 42.6. The maximum Gasteiger partial charge on any atom is 0.362 e. The van der Waals surface area contributed by atoms with E-state index >= 15 is 0 Å². The lowest BCUT2D eigenvalue weighted by Gasteiger charge is -2.31. The molecule has 0 aromatic rings. The van der Waals surface area contributed by atoms with E-state index in [1.165, 1.54) is 148 Å². The van der Waals surface area contributed by atoms with Crippen molar-refractivity contribution in [2.75, 3.05) is 41.0 Å². The SMILES string of the molecule is CCCCCC/C=C\C/C=C\CCCCCCCCCC(=O)OC(COCCC(C(=O)O)[N+](C)(C)C)COC(=O)CCCCCCCCCCC/C=C\CCCCCCCC. The Morgan fingerprint density at radius 2 is 0.869 bits per heavy atom. The Morgan fingerprint density at radius 3 is 1.30 bits per heavy atom. The summed E-state index contributed by atoms with van der Waals surface area (Å²) in [5.41, 5.74) is 0. The van der Waals surface area contributed by atoms with Crippen molar-refractivity contribution in [1.82, 2.24) is 0 Å². The van der Waals surface area contributed by atoms with Crippen molar-refractivity contribution in [2.45, 2.75) is 244 Å². The zero-order valence-corrected chi connectivity index (χ0v) is 40.6. The van der Waals surface area contributed by atoms with Crippen LogP contribution in [0.3, 0.4) is 0 Å². The Labute approximate surface area is 376 Å². The summed E-state index contributed by atoms with van der Waals surface area (Å²) in [5.74, 6) is -1.47. The van der Waals surface area contributed by atoms with Crippen LogP contribution in [-0.2, 0) is 28.6 Å². The first kappa shape index (κ1) is 58.6. The molecule has 1 N–H and O–H groups in total. The highest BCUT2D eigenvalue weighted by molar-refractivity contribution is 5.72. The van der Waals surface area contributed by atoms with Gasteiger partial charge in [-0.05, 0) is 70.6 Å². The van der Waals surface area contributed by atoms with Gasteiger partial charge in [-0.2, -0.15) is 0 Å². The Bertz CT molecular complexity index is 1090. The van der Waals surface area contributed by atoms with Gasteiger partial charge in [0, 0.05) is 19.3 Å². The fourth-order valence-electron chi connectivity index (χ4n) is 7.53. The molecule has 0 saturated carbocycles. The van der Waals surface area contributed by atoms with Crippen LogP contribution in [0.25, 0.3) is 0 Å². The molecular weight excluding hydrogens is 763 g/mol. The summed E-state index contributed by atoms with van der Waals surface area (Å²) >= 11 is 0. The van der Waals surface area contributed by atoms with Crippen LogP contribution in [0.5, 0.6) is 0 Å². The second-order valence-corrected chi connectivity index (χ2v) is 18.4. The van der Waals surface area contributed by atoms with Crippen molar-refractivity contribution in [3.05, 3.63) is 36.5 Å². The smallest absolute Gasteiger partial charge is 0.362 e. The van der Waals surface area contributed by atoms with Gasteiger partial charge in [0.15, 0.2) is 12.1 Å². The number of carbonyl (C=O) groups excluding carboxylic acids is 2. The highest BCUT2D eigenvalue weighted by Crippen LogP contribution is 2.15. The number of quaternary nitrogens is 1. The largest absolute Gasteiger partial charge is 0.477 e. The number of allylic oxidation sites excluding steroid dienone is 6. The summed E-state index contributed by atoms with van der Waals surface area (Å²) in [6.45, 7) is 4.73. The number of carboxylic acids is 1. The predicted molar refractivity (Wildman–Crippen MR) is 257 cm³/mol. The Morgan fingerprint density at radius 1 is 0.492 bits per heavy atom. The van der Waals surface area contributed by atoms with Crippen LogP contribution in [0, 0.1) is 0 Å². The van der Waals surface area contributed by atoms with Crippen molar-refractivity contribution in [2.24, 2.45) is 0 Å². The minimum Gasteiger partial charge on any atom is -0.477 e. The van der Waals surface area contributed by atoms with E-state index in [1.54, 1.807) is 0 Å². The summed E-state index contributed by atoms with van der Waals surface area (Å²) in [7, 11) is 5.54. The molecule has 356 valence electrons. The average Bonchev–Trinajstić information content (AvgIpc) is 3.22. The fourth-order valence-corrected chi connectivity index (χ4v) is 7.53. The predicted octanol–water partition coefficient (Wildman–Crippen LogP) is 14.6. The monoisotopic (exact) mass is 861 g/mol. The van der Waals surface area contributed by atoms with E-state index in [4.69, 9.17) is 14.2 Å². The van der Waals surface area contributed by atoms with Gasteiger partial charge < -0.3 is 23.8 Å². The molecule has 0 aliphatic rings. The molecule has 0 fully saturated rings. The number of likely N-dealkylation sites (N-methyl/N-ethyl adjacent to an activating group) is 1. The van der Waals surface area contributed by atoms with Gasteiger partial charge in [0.05, 0.1) is 34.4 Å². The highest BCUT2D eigenvalue weighted by Gasteiger charge is 2.31. The van der Waals surface area contributed by atoms with E-state index in [2.05, 4.69) is 50.3 Å². The second-order valence-electron chi connectivity index (χ2n) is 18.4. The minimum atomic E-state index is -0.875. The number of rotatable bonds is 46. The van der Waals surface area contributed by atoms with Crippen molar-refractivity contribution >= 4 is 17.9 Å². The van der Waals surface area contributed by atoms with E-state index in [0.717, 1.165) is 51.4 Å².